The smallest absolute Gasteiger partial charge is 0.322 e. The third-order valence-electron chi connectivity index (χ3n) is 3.29. The number of rotatable bonds is 4. The molecule has 5 nitrogen and oxygen atoms in total. The van der Waals surface area contributed by atoms with E-state index in [-0.39, 0.29) is 5.97 Å². The molecular weight excluding hydrogens is 218 g/mol. The van der Waals surface area contributed by atoms with E-state index in [9.17, 15) is 4.79 Å². The molecule has 0 amide bonds. The lowest BCUT2D eigenvalue weighted by molar-refractivity contribution is -0.142. The molecular formula is C12H19N3O2. The molecule has 1 unspecified atom stereocenters. The van der Waals surface area contributed by atoms with Crippen molar-refractivity contribution in [2.45, 2.75) is 44.7 Å². The number of methoxy groups -OCH3 is 1. The van der Waals surface area contributed by atoms with Crippen LogP contribution in [0, 0.1) is 0 Å². The molecule has 0 bridgehead atoms. The van der Waals surface area contributed by atoms with Crippen molar-refractivity contribution in [1.82, 2.24) is 9.55 Å². The lowest BCUT2D eigenvalue weighted by Gasteiger charge is -2.15. The van der Waals surface area contributed by atoms with Crippen molar-refractivity contribution in [1.29, 1.82) is 0 Å². The van der Waals surface area contributed by atoms with Crippen LogP contribution in [0.5, 0.6) is 0 Å². The van der Waals surface area contributed by atoms with Crippen molar-refractivity contribution in [3.63, 3.8) is 0 Å². The Hall–Kier alpha value is -1.36. The summed E-state index contributed by atoms with van der Waals surface area (Å²) in [5, 5.41) is 0. The summed E-state index contributed by atoms with van der Waals surface area (Å²) in [4.78, 5) is 15.6. The highest BCUT2D eigenvalue weighted by Gasteiger charge is 2.17. The van der Waals surface area contributed by atoms with Gasteiger partial charge in [0.15, 0.2) is 0 Å². The van der Waals surface area contributed by atoms with Gasteiger partial charge in [-0.3, -0.25) is 4.79 Å². The van der Waals surface area contributed by atoms with E-state index in [0.29, 0.717) is 6.42 Å². The maximum atomic E-state index is 11.2. The number of nitrogens with two attached hydrogens (primary N) is 1. The van der Waals surface area contributed by atoms with Gasteiger partial charge in [0.1, 0.15) is 6.04 Å². The largest absolute Gasteiger partial charge is 0.468 e. The predicted molar refractivity (Wildman–Crippen MR) is 63.5 cm³/mol. The monoisotopic (exact) mass is 237 g/mol. The van der Waals surface area contributed by atoms with E-state index in [2.05, 4.69) is 14.3 Å². The van der Waals surface area contributed by atoms with E-state index in [0.717, 1.165) is 19.4 Å². The van der Waals surface area contributed by atoms with E-state index in [4.69, 9.17) is 5.73 Å². The Morgan fingerprint density at radius 3 is 3.12 bits per heavy atom. The minimum absolute atomic E-state index is 0.348. The molecule has 0 fully saturated rings. The number of fused-ring (bicyclic) bond motifs is 1. The molecule has 1 aliphatic carbocycles. The summed E-state index contributed by atoms with van der Waals surface area (Å²) >= 11 is 0. The van der Waals surface area contributed by atoms with Gasteiger partial charge in [0.2, 0.25) is 0 Å². The van der Waals surface area contributed by atoms with Crippen molar-refractivity contribution in [3.8, 4) is 0 Å². The van der Waals surface area contributed by atoms with Crippen LogP contribution in [0.2, 0.25) is 0 Å². The second kappa shape index (κ2) is 5.31. The van der Waals surface area contributed by atoms with Gasteiger partial charge < -0.3 is 15.0 Å². The highest BCUT2D eigenvalue weighted by molar-refractivity contribution is 5.75. The Morgan fingerprint density at radius 1 is 1.59 bits per heavy atom. The van der Waals surface area contributed by atoms with Crippen LogP contribution in [-0.2, 0) is 28.9 Å². The van der Waals surface area contributed by atoms with Crippen LogP contribution in [0.1, 0.15) is 30.7 Å². The predicted octanol–water partition coefficient (Wildman–Crippen LogP) is 0.652. The van der Waals surface area contributed by atoms with Gasteiger partial charge in [0.05, 0.1) is 19.1 Å². The summed E-state index contributed by atoms with van der Waals surface area (Å²) in [7, 11) is 1.36. The fourth-order valence-corrected chi connectivity index (χ4v) is 2.27. The topological polar surface area (TPSA) is 70.1 Å². The zero-order valence-electron chi connectivity index (χ0n) is 10.2. The van der Waals surface area contributed by atoms with E-state index < -0.39 is 6.04 Å². The molecule has 1 heterocycles. The lowest BCUT2D eigenvalue weighted by atomic mass is 10.0. The minimum Gasteiger partial charge on any atom is -0.468 e. The number of imidazole rings is 1. The van der Waals surface area contributed by atoms with Crippen LogP contribution in [0.15, 0.2) is 6.33 Å². The summed E-state index contributed by atoms with van der Waals surface area (Å²) in [6, 6.07) is -0.540. The van der Waals surface area contributed by atoms with Crippen LogP contribution in [-0.4, -0.2) is 28.7 Å². The molecule has 1 aromatic rings. The number of carbonyl (C=O) groups excluding carboxylic acids is 1. The van der Waals surface area contributed by atoms with Crippen molar-refractivity contribution in [2.24, 2.45) is 5.73 Å². The molecule has 94 valence electrons. The molecule has 1 aliphatic rings. The van der Waals surface area contributed by atoms with Gasteiger partial charge in [-0.05, 0) is 32.1 Å². The fraction of sp³-hybridized carbons (Fsp3) is 0.667. The molecule has 0 saturated carbocycles. The zero-order chi connectivity index (χ0) is 12.3. The van der Waals surface area contributed by atoms with Gasteiger partial charge in [-0.1, -0.05) is 0 Å². The SMILES string of the molecule is COC(=O)C(N)CCn1cnc2c1CCCC2. The number of aromatic nitrogens is 2. The van der Waals surface area contributed by atoms with E-state index >= 15 is 0 Å². The van der Waals surface area contributed by atoms with Crippen molar-refractivity contribution in [3.05, 3.63) is 17.7 Å². The lowest BCUT2D eigenvalue weighted by Crippen LogP contribution is -2.32. The third-order valence-corrected chi connectivity index (χ3v) is 3.29. The molecule has 1 aromatic heterocycles. The zero-order valence-corrected chi connectivity index (χ0v) is 10.2. The standard InChI is InChI=1S/C12H19N3O2/c1-17-12(16)9(13)6-7-15-8-14-10-4-2-3-5-11(10)15/h8-9H,2-7,13H2,1H3. The first-order valence-corrected chi connectivity index (χ1v) is 6.08. The maximum absolute atomic E-state index is 11.2. The Bertz CT molecular complexity index is 400. The molecule has 0 saturated heterocycles. The second-order valence-corrected chi connectivity index (χ2v) is 4.46. The molecule has 2 N–H and O–H groups in total. The van der Waals surface area contributed by atoms with Crippen LogP contribution < -0.4 is 5.73 Å². The average Bonchev–Trinajstić information content (AvgIpc) is 2.78. The first-order valence-electron chi connectivity index (χ1n) is 6.08. The maximum Gasteiger partial charge on any atom is 0.322 e. The number of aryl methyl sites for hydroxylation is 2. The Kier molecular flexibility index (Phi) is 3.78. The number of nitrogens with zero attached hydrogens (tertiary/aromatic N) is 2. The number of esters is 1. The third kappa shape index (κ3) is 2.66. The van der Waals surface area contributed by atoms with Crippen molar-refractivity contribution < 1.29 is 9.53 Å². The number of carbonyl (C=O) groups is 1. The molecule has 1 atom stereocenters. The quantitative estimate of drug-likeness (QED) is 0.781. The first-order chi connectivity index (χ1) is 8.22. The Labute approximate surface area is 101 Å². The van der Waals surface area contributed by atoms with Crippen LogP contribution in [0.25, 0.3) is 0 Å². The Balaban J connectivity index is 1.95. The average molecular weight is 237 g/mol. The molecule has 2 rings (SSSR count). The van der Waals surface area contributed by atoms with Gasteiger partial charge in [-0.15, -0.1) is 0 Å². The van der Waals surface area contributed by atoms with E-state index in [1.165, 1.54) is 31.3 Å². The highest BCUT2D eigenvalue weighted by atomic mass is 16.5. The molecule has 0 spiro atoms. The van der Waals surface area contributed by atoms with Crippen LogP contribution >= 0.6 is 0 Å². The molecule has 17 heavy (non-hydrogen) atoms. The van der Waals surface area contributed by atoms with Gasteiger partial charge >= 0.3 is 5.97 Å². The summed E-state index contributed by atoms with van der Waals surface area (Å²) in [5.41, 5.74) is 8.24. The molecule has 0 radical (unpaired) electrons. The first kappa shape index (κ1) is 12.1. The molecule has 0 aliphatic heterocycles. The van der Waals surface area contributed by atoms with Crippen LogP contribution in [0.4, 0.5) is 0 Å². The normalized spacial score (nSPS) is 16.4. The van der Waals surface area contributed by atoms with E-state index in [1.54, 1.807) is 0 Å². The highest BCUT2D eigenvalue weighted by Crippen LogP contribution is 2.20. The summed E-state index contributed by atoms with van der Waals surface area (Å²) < 4.78 is 6.73. The number of hydrogen-bond acceptors (Lipinski definition) is 4. The summed E-state index contributed by atoms with van der Waals surface area (Å²) in [6.45, 7) is 0.735. The second-order valence-electron chi connectivity index (χ2n) is 4.46. The minimum atomic E-state index is -0.540. The number of hydrogen-bond donors (Lipinski definition) is 1. The van der Waals surface area contributed by atoms with Crippen LogP contribution in [0.3, 0.4) is 0 Å². The van der Waals surface area contributed by atoms with Gasteiger partial charge in [-0.25, -0.2) is 4.98 Å². The van der Waals surface area contributed by atoms with Crippen molar-refractivity contribution in [2.75, 3.05) is 7.11 Å². The Morgan fingerprint density at radius 2 is 2.35 bits per heavy atom. The van der Waals surface area contributed by atoms with E-state index in [1.807, 2.05) is 6.33 Å². The van der Waals surface area contributed by atoms with Gasteiger partial charge in [0.25, 0.3) is 0 Å². The van der Waals surface area contributed by atoms with Gasteiger partial charge in [-0.2, -0.15) is 0 Å². The van der Waals surface area contributed by atoms with Crippen molar-refractivity contribution >= 4 is 5.97 Å². The van der Waals surface area contributed by atoms with Gasteiger partial charge in [0, 0.05) is 12.2 Å². The fourth-order valence-electron chi connectivity index (χ4n) is 2.27. The summed E-state index contributed by atoms with van der Waals surface area (Å²) in [5.74, 6) is -0.348. The molecule has 0 aromatic carbocycles. The number of ether oxygens (including phenoxy) is 1. The molecule has 5 heteroatoms. The summed E-state index contributed by atoms with van der Waals surface area (Å²) in [6.07, 6.45) is 7.07.